The minimum absolute atomic E-state index is 0.00481. The summed E-state index contributed by atoms with van der Waals surface area (Å²) in [5.41, 5.74) is 0.0133. The highest BCUT2D eigenvalue weighted by Gasteiger charge is 2.18. The van der Waals surface area contributed by atoms with Crippen molar-refractivity contribution in [3.8, 4) is 0 Å². The molecule has 2 nitrogen and oxygen atoms in total. The van der Waals surface area contributed by atoms with Gasteiger partial charge >= 0.3 is 0 Å². The molecule has 1 heterocycles. The molecule has 0 spiro atoms. The average molecular weight is 199 g/mol. The van der Waals surface area contributed by atoms with Crippen molar-refractivity contribution in [2.45, 2.75) is 12.7 Å². The van der Waals surface area contributed by atoms with Gasteiger partial charge in [-0.05, 0) is 12.1 Å². The quantitative estimate of drug-likeness (QED) is 0.795. The molecule has 1 aliphatic rings. The van der Waals surface area contributed by atoms with E-state index in [4.69, 9.17) is 4.74 Å². The lowest BCUT2D eigenvalue weighted by Gasteiger charge is -2.27. The van der Waals surface area contributed by atoms with Crippen molar-refractivity contribution in [1.29, 1.82) is 0 Å². The summed E-state index contributed by atoms with van der Waals surface area (Å²) in [6.45, 7) is 1.52. The number of benzene rings is 1. The molecule has 1 aromatic carbocycles. The van der Waals surface area contributed by atoms with Crippen molar-refractivity contribution in [3.63, 3.8) is 0 Å². The average Bonchev–Trinajstić information content (AvgIpc) is 2.07. The molecule has 0 aliphatic carbocycles. The van der Waals surface area contributed by atoms with Gasteiger partial charge in [-0.1, -0.05) is 6.07 Å². The highest BCUT2D eigenvalue weighted by atomic mass is 19.1. The van der Waals surface area contributed by atoms with Gasteiger partial charge in [0.25, 0.3) is 0 Å². The fourth-order valence-electron chi connectivity index (χ4n) is 1.25. The van der Waals surface area contributed by atoms with E-state index in [1.165, 1.54) is 18.2 Å². The summed E-state index contributed by atoms with van der Waals surface area (Å²) in [5, 5.41) is 3.01. The van der Waals surface area contributed by atoms with Crippen molar-refractivity contribution >= 4 is 0 Å². The van der Waals surface area contributed by atoms with Crippen molar-refractivity contribution < 1.29 is 13.5 Å². The second-order valence-electron chi connectivity index (χ2n) is 3.29. The summed E-state index contributed by atoms with van der Waals surface area (Å²) in [6, 6.07) is 3.82. The Morgan fingerprint density at radius 2 is 1.93 bits per heavy atom. The Labute approximate surface area is 80.9 Å². The Hall–Kier alpha value is -1.00. The molecular weight excluding hydrogens is 188 g/mol. The molecular formula is C10H11F2NO. The van der Waals surface area contributed by atoms with Gasteiger partial charge in [0, 0.05) is 18.7 Å². The van der Waals surface area contributed by atoms with E-state index < -0.39 is 11.6 Å². The molecule has 1 saturated heterocycles. The maximum absolute atomic E-state index is 13.1. The summed E-state index contributed by atoms with van der Waals surface area (Å²) in [4.78, 5) is 0. The van der Waals surface area contributed by atoms with Crippen molar-refractivity contribution in [3.05, 3.63) is 35.4 Å². The van der Waals surface area contributed by atoms with Gasteiger partial charge < -0.3 is 10.1 Å². The van der Waals surface area contributed by atoms with Gasteiger partial charge in [-0.2, -0.15) is 0 Å². The van der Waals surface area contributed by atoms with Crippen LogP contribution in [-0.2, 0) is 11.3 Å². The van der Waals surface area contributed by atoms with Gasteiger partial charge in [0.15, 0.2) is 0 Å². The number of halogens is 2. The van der Waals surface area contributed by atoms with Crippen molar-refractivity contribution in [2.75, 3.05) is 13.1 Å². The molecule has 0 aromatic heterocycles. The predicted octanol–water partition coefficient (Wildman–Crippen LogP) is 1.45. The second-order valence-corrected chi connectivity index (χ2v) is 3.29. The smallest absolute Gasteiger partial charge is 0.131 e. The molecule has 0 saturated carbocycles. The SMILES string of the molecule is Fc1cccc(F)c1COC1CNC1. The van der Waals surface area contributed by atoms with Gasteiger partial charge in [-0.25, -0.2) is 8.78 Å². The molecule has 1 fully saturated rings. The van der Waals surface area contributed by atoms with E-state index in [9.17, 15) is 8.78 Å². The Kier molecular flexibility index (Phi) is 2.74. The van der Waals surface area contributed by atoms with E-state index in [-0.39, 0.29) is 18.3 Å². The van der Waals surface area contributed by atoms with E-state index in [2.05, 4.69) is 5.32 Å². The summed E-state index contributed by atoms with van der Waals surface area (Å²) in [7, 11) is 0. The first-order valence-electron chi connectivity index (χ1n) is 4.52. The minimum Gasteiger partial charge on any atom is -0.371 e. The van der Waals surface area contributed by atoms with Crippen molar-refractivity contribution in [1.82, 2.24) is 5.32 Å². The first-order valence-corrected chi connectivity index (χ1v) is 4.52. The normalized spacial score (nSPS) is 16.7. The van der Waals surface area contributed by atoms with Crippen LogP contribution < -0.4 is 5.32 Å². The molecule has 0 bridgehead atoms. The van der Waals surface area contributed by atoms with Crippen LogP contribution >= 0.6 is 0 Å². The van der Waals surface area contributed by atoms with Gasteiger partial charge in [0.2, 0.25) is 0 Å². The van der Waals surface area contributed by atoms with Crippen LogP contribution in [0.1, 0.15) is 5.56 Å². The van der Waals surface area contributed by atoms with E-state index in [0.717, 1.165) is 13.1 Å². The standard InChI is InChI=1S/C10H11F2NO/c11-9-2-1-3-10(12)8(9)6-14-7-4-13-5-7/h1-3,7,13H,4-6H2. The fraction of sp³-hybridized carbons (Fsp3) is 0.400. The molecule has 0 atom stereocenters. The summed E-state index contributed by atoms with van der Waals surface area (Å²) in [6.07, 6.45) is 0.0917. The topological polar surface area (TPSA) is 21.3 Å². The van der Waals surface area contributed by atoms with E-state index >= 15 is 0 Å². The molecule has 1 aliphatic heterocycles. The van der Waals surface area contributed by atoms with E-state index in [1.807, 2.05) is 0 Å². The lowest BCUT2D eigenvalue weighted by atomic mass is 10.2. The van der Waals surface area contributed by atoms with Gasteiger partial charge in [0.05, 0.1) is 12.7 Å². The van der Waals surface area contributed by atoms with Crippen LogP contribution in [0.2, 0.25) is 0 Å². The van der Waals surface area contributed by atoms with Crippen LogP contribution in [0.15, 0.2) is 18.2 Å². The van der Waals surface area contributed by atoms with Crippen LogP contribution in [0.4, 0.5) is 8.78 Å². The van der Waals surface area contributed by atoms with Crippen LogP contribution in [0.5, 0.6) is 0 Å². The zero-order valence-corrected chi connectivity index (χ0v) is 7.59. The van der Waals surface area contributed by atoms with E-state index in [0.29, 0.717) is 0 Å². The maximum Gasteiger partial charge on any atom is 0.131 e. The fourth-order valence-corrected chi connectivity index (χ4v) is 1.25. The Balaban J connectivity index is 2.00. The first-order chi connectivity index (χ1) is 6.77. The zero-order chi connectivity index (χ0) is 9.97. The van der Waals surface area contributed by atoms with Crippen molar-refractivity contribution in [2.24, 2.45) is 0 Å². The van der Waals surface area contributed by atoms with Crippen LogP contribution in [-0.4, -0.2) is 19.2 Å². The molecule has 0 radical (unpaired) electrons. The van der Waals surface area contributed by atoms with Crippen LogP contribution in [0.3, 0.4) is 0 Å². The third-order valence-electron chi connectivity index (χ3n) is 2.27. The molecule has 0 amide bonds. The van der Waals surface area contributed by atoms with Crippen LogP contribution in [0.25, 0.3) is 0 Å². The monoisotopic (exact) mass is 199 g/mol. The summed E-state index contributed by atoms with van der Waals surface area (Å²) < 4.78 is 31.5. The van der Waals surface area contributed by atoms with Crippen LogP contribution in [0, 0.1) is 11.6 Å². The highest BCUT2D eigenvalue weighted by molar-refractivity contribution is 5.18. The van der Waals surface area contributed by atoms with E-state index in [1.54, 1.807) is 0 Å². The Bertz CT molecular complexity index is 306. The lowest BCUT2D eigenvalue weighted by molar-refractivity contribution is 0.00509. The Morgan fingerprint density at radius 3 is 2.43 bits per heavy atom. The molecule has 4 heteroatoms. The molecule has 14 heavy (non-hydrogen) atoms. The predicted molar refractivity (Wildman–Crippen MR) is 47.8 cm³/mol. The first kappa shape index (κ1) is 9.55. The van der Waals surface area contributed by atoms with Gasteiger partial charge in [-0.15, -0.1) is 0 Å². The third-order valence-corrected chi connectivity index (χ3v) is 2.27. The lowest BCUT2D eigenvalue weighted by Crippen LogP contribution is -2.48. The van der Waals surface area contributed by atoms with Gasteiger partial charge in [0.1, 0.15) is 11.6 Å². The minimum atomic E-state index is -0.544. The second kappa shape index (κ2) is 4.02. The Morgan fingerprint density at radius 1 is 1.29 bits per heavy atom. The number of ether oxygens (including phenoxy) is 1. The summed E-state index contributed by atoms with van der Waals surface area (Å²) in [5.74, 6) is -1.09. The third kappa shape index (κ3) is 1.91. The largest absolute Gasteiger partial charge is 0.371 e. The highest BCUT2D eigenvalue weighted by Crippen LogP contribution is 2.14. The number of rotatable bonds is 3. The maximum atomic E-state index is 13.1. The number of hydrogen-bond acceptors (Lipinski definition) is 2. The summed E-state index contributed by atoms with van der Waals surface area (Å²) >= 11 is 0. The molecule has 76 valence electrons. The molecule has 2 rings (SSSR count). The molecule has 1 N–H and O–H groups in total. The molecule has 1 aromatic rings. The number of nitrogens with one attached hydrogen (secondary N) is 1. The van der Waals surface area contributed by atoms with Gasteiger partial charge in [-0.3, -0.25) is 0 Å². The number of hydrogen-bond donors (Lipinski definition) is 1. The zero-order valence-electron chi connectivity index (χ0n) is 7.59. The molecule has 0 unspecified atom stereocenters.